The molecule has 1 aliphatic heterocycles. The van der Waals surface area contributed by atoms with E-state index in [1.807, 2.05) is 0 Å². The number of nitrogens with zero attached hydrogens (tertiary/aromatic N) is 2. The molecule has 4 nitrogen and oxygen atoms in total. The Kier molecular flexibility index (Phi) is 5.51. The van der Waals surface area contributed by atoms with E-state index in [9.17, 15) is 9.18 Å². The fourth-order valence-electron chi connectivity index (χ4n) is 2.36. The van der Waals surface area contributed by atoms with Gasteiger partial charge in [-0.15, -0.1) is 0 Å². The Morgan fingerprint density at radius 1 is 1.30 bits per heavy atom. The minimum absolute atomic E-state index is 0.0191. The van der Waals surface area contributed by atoms with Gasteiger partial charge in [-0.05, 0) is 23.8 Å². The third-order valence-corrected chi connectivity index (χ3v) is 4.01. The Labute approximate surface area is 126 Å². The fourth-order valence-corrected chi connectivity index (χ4v) is 2.77. The molecule has 1 aliphatic rings. The number of piperazine rings is 1. The van der Waals surface area contributed by atoms with Crippen LogP contribution in [0.25, 0.3) is 0 Å². The number of carbonyl (C=O) groups excluding carboxylic acids is 1. The quantitative estimate of drug-likeness (QED) is 0.894. The normalized spacial score (nSPS) is 16.4. The Balaban J connectivity index is 1.91. The van der Waals surface area contributed by atoms with Crippen LogP contribution in [0.1, 0.15) is 5.56 Å². The number of halogens is 2. The molecule has 0 spiro atoms. The average Bonchev–Trinajstić information content (AvgIpc) is 2.44. The number of hydrogen-bond donors (Lipinski definition) is 1. The van der Waals surface area contributed by atoms with Gasteiger partial charge in [0, 0.05) is 43.7 Å². The molecule has 0 atom stereocenters. The molecule has 1 amide bonds. The van der Waals surface area contributed by atoms with Crippen LogP contribution in [-0.4, -0.2) is 55.0 Å². The highest BCUT2D eigenvalue weighted by Crippen LogP contribution is 2.17. The zero-order valence-electron chi connectivity index (χ0n) is 11.3. The summed E-state index contributed by atoms with van der Waals surface area (Å²) in [4.78, 5) is 16.2. The average molecular weight is 344 g/mol. The second-order valence-electron chi connectivity index (χ2n) is 4.92. The van der Waals surface area contributed by atoms with Gasteiger partial charge in [-0.3, -0.25) is 9.69 Å². The molecular formula is C14H19BrFN3O. The van der Waals surface area contributed by atoms with Crippen molar-refractivity contribution < 1.29 is 9.18 Å². The second kappa shape index (κ2) is 7.15. The Morgan fingerprint density at radius 2 is 2.00 bits per heavy atom. The first-order valence-corrected chi connectivity index (χ1v) is 7.53. The zero-order chi connectivity index (χ0) is 14.5. The molecule has 1 fully saturated rings. The van der Waals surface area contributed by atoms with Gasteiger partial charge in [-0.2, -0.15) is 0 Å². The third kappa shape index (κ3) is 4.01. The lowest BCUT2D eigenvalue weighted by Crippen LogP contribution is -2.50. The van der Waals surface area contributed by atoms with Crippen LogP contribution in [0, 0.1) is 5.82 Å². The van der Waals surface area contributed by atoms with Crippen molar-refractivity contribution in [2.45, 2.75) is 6.42 Å². The summed E-state index contributed by atoms with van der Waals surface area (Å²) in [6.07, 6.45) is 0.113. The number of benzene rings is 1. The predicted molar refractivity (Wildman–Crippen MR) is 79.9 cm³/mol. The Hall–Kier alpha value is -0.980. The van der Waals surface area contributed by atoms with Crippen molar-refractivity contribution >= 4 is 21.8 Å². The molecule has 2 rings (SSSR count). The molecule has 1 aromatic carbocycles. The van der Waals surface area contributed by atoms with Crippen molar-refractivity contribution in [2.75, 3.05) is 39.3 Å². The van der Waals surface area contributed by atoms with E-state index < -0.39 is 0 Å². The molecule has 0 unspecified atom stereocenters. The van der Waals surface area contributed by atoms with Crippen LogP contribution in [0.15, 0.2) is 22.7 Å². The van der Waals surface area contributed by atoms with E-state index >= 15 is 0 Å². The molecule has 1 saturated heterocycles. The summed E-state index contributed by atoms with van der Waals surface area (Å²) < 4.78 is 14.4. The van der Waals surface area contributed by atoms with Gasteiger partial charge >= 0.3 is 0 Å². The standard InChI is InChI=1S/C14H19BrFN3O/c15-12-1-2-13(16)11(9-12)10-14(20)19-7-5-18(4-3-17)6-8-19/h1-2,9H,3-8,10,17H2. The minimum Gasteiger partial charge on any atom is -0.340 e. The van der Waals surface area contributed by atoms with Gasteiger partial charge in [-0.25, -0.2) is 4.39 Å². The molecule has 1 aromatic rings. The Morgan fingerprint density at radius 3 is 2.65 bits per heavy atom. The Bertz CT molecular complexity index is 475. The van der Waals surface area contributed by atoms with Gasteiger partial charge in [0.1, 0.15) is 5.82 Å². The van der Waals surface area contributed by atoms with Crippen molar-refractivity contribution in [1.82, 2.24) is 9.80 Å². The van der Waals surface area contributed by atoms with Crippen LogP contribution in [-0.2, 0) is 11.2 Å². The maximum absolute atomic E-state index is 13.6. The summed E-state index contributed by atoms with van der Waals surface area (Å²) >= 11 is 3.30. The van der Waals surface area contributed by atoms with Crippen molar-refractivity contribution in [3.05, 3.63) is 34.1 Å². The first kappa shape index (κ1) is 15.4. The summed E-state index contributed by atoms with van der Waals surface area (Å²) in [5.74, 6) is -0.349. The molecular weight excluding hydrogens is 325 g/mol. The van der Waals surface area contributed by atoms with Gasteiger partial charge in [-0.1, -0.05) is 15.9 Å². The highest BCUT2D eigenvalue weighted by atomic mass is 79.9. The minimum atomic E-state index is -0.330. The van der Waals surface area contributed by atoms with Crippen LogP contribution in [0.5, 0.6) is 0 Å². The highest BCUT2D eigenvalue weighted by molar-refractivity contribution is 9.10. The van der Waals surface area contributed by atoms with Gasteiger partial charge in [0.05, 0.1) is 6.42 Å². The third-order valence-electron chi connectivity index (χ3n) is 3.52. The van der Waals surface area contributed by atoms with Gasteiger partial charge in [0.2, 0.25) is 5.91 Å². The van der Waals surface area contributed by atoms with Crippen LogP contribution in [0.4, 0.5) is 4.39 Å². The first-order chi connectivity index (χ1) is 9.60. The molecule has 0 aromatic heterocycles. The maximum atomic E-state index is 13.6. The molecule has 0 radical (unpaired) electrons. The number of amides is 1. The molecule has 1 heterocycles. The van der Waals surface area contributed by atoms with E-state index in [0.717, 1.165) is 24.1 Å². The van der Waals surface area contributed by atoms with E-state index in [0.29, 0.717) is 25.2 Å². The van der Waals surface area contributed by atoms with Gasteiger partial charge in [0.25, 0.3) is 0 Å². The van der Waals surface area contributed by atoms with Crippen LogP contribution in [0.2, 0.25) is 0 Å². The highest BCUT2D eigenvalue weighted by Gasteiger charge is 2.21. The predicted octanol–water partition coefficient (Wildman–Crippen LogP) is 1.23. The number of carbonyl (C=O) groups is 1. The van der Waals surface area contributed by atoms with Crippen molar-refractivity contribution in [1.29, 1.82) is 0 Å². The second-order valence-corrected chi connectivity index (χ2v) is 5.84. The van der Waals surface area contributed by atoms with E-state index in [-0.39, 0.29) is 18.1 Å². The van der Waals surface area contributed by atoms with Crippen molar-refractivity contribution in [3.63, 3.8) is 0 Å². The lowest BCUT2D eigenvalue weighted by molar-refractivity contribution is -0.132. The van der Waals surface area contributed by atoms with Crippen molar-refractivity contribution in [2.24, 2.45) is 5.73 Å². The van der Waals surface area contributed by atoms with Gasteiger partial charge in [0.15, 0.2) is 0 Å². The zero-order valence-corrected chi connectivity index (χ0v) is 12.9. The first-order valence-electron chi connectivity index (χ1n) is 6.74. The fraction of sp³-hybridized carbons (Fsp3) is 0.500. The molecule has 0 bridgehead atoms. The summed E-state index contributed by atoms with van der Waals surface area (Å²) in [7, 11) is 0. The van der Waals surface area contributed by atoms with Crippen LogP contribution >= 0.6 is 15.9 Å². The molecule has 110 valence electrons. The SMILES string of the molecule is NCCN1CCN(C(=O)Cc2cc(Br)ccc2F)CC1. The summed E-state index contributed by atoms with van der Waals surface area (Å²) in [5.41, 5.74) is 5.96. The molecule has 0 aliphatic carbocycles. The topological polar surface area (TPSA) is 49.6 Å². The van der Waals surface area contributed by atoms with Crippen molar-refractivity contribution in [3.8, 4) is 0 Å². The lowest BCUT2D eigenvalue weighted by atomic mass is 10.1. The van der Waals surface area contributed by atoms with E-state index in [1.54, 1.807) is 17.0 Å². The lowest BCUT2D eigenvalue weighted by Gasteiger charge is -2.34. The number of nitrogens with two attached hydrogens (primary N) is 1. The van der Waals surface area contributed by atoms with E-state index in [1.165, 1.54) is 6.07 Å². The van der Waals surface area contributed by atoms with E-state index in [2.05, 4.69) is 20.8 Å². The summed E-state index contributed by atoms with van der Waals surface area (Å²) in [6.45, 7) is 4.55. The maximum Gasteiger partial charge on any atom is 0.227 e. The largest absolute Gasteiger partial charge is 0.340 e. The van der Waals surface area contributed by atoms with Crippen LogP contribution < -0.4 is 5.73 Å². The monoisotopic (exact) mass is 343 g/mol. The molecule has 20 heavy (non-hydrogen) atoms. The molecule has 6 heteroatoms. The smallest absolute Gasteiger partial charge is 0.227 e. The molecule has 0 saturated carbocycles. The summed E-state index contributed by atoms with van der Waals surface area (Å²) in [5, 5.41) is 0. The summed E-state index contributed by atoms with van der Waals surface area (Å²) in [6, 6.07) is 4.68. The van der Waals surface area contributed by atoms with Crippen LogP contribution in [0.3, 0.4) is 0 Å². The number of rotatable bonds is 4. The number of hydrogen-bond acceptors (Lipinski definition) is 3. The van der Waals surface area contributed by atoms with Gasteiger partial charge < -0.3 is 10.6 Å². The van der Waals surface area contributed by atoms with E-state index in [4.69, 9.17) is 5.73 Å². The molecule has 2 N–H and O–H groups in total.